The zero-order valence-corrected chi connectivity index (χ0v) is 14.6. The summed E-state index contributed by atoms with van der Waals surface area (Å²) < 4.78 is 11.2. The largest absolute Gasteiger partial charge is 0.496 e. The summed E-state index contributed by atoms with van der Waals surface area (Å²) in [5.41, 5.74) is 5.09. The summed E-state index contributed by atoms with van der Waals surface area (Å²) >= 11 is 0. The van der Waals surface area contributed by atoms with Gasteiger partial charge in [0.15, 0.2) is 5.72 Å². The summed E-state index contributed by atoms with van der Waals surface area (Å²) in [6.45, 7) is 0. The number of nitrogens with one attached hydrogen (secondary N) is 1. The smallest absolute Gasteiger partial charge is 0.321 e. The van der Waals surface area contributed by atoms with E-state index in [1.54, 1.807) is 36.4 Å². The molecule has 0 radical (unpaired) electrons. The average Bonchev–Trinajstić information content (AvgIpc) is 2.65. The fourth-order valence-electron chi connectivity index (χ4n) is 2.86. The molecule has 2 rings (SSSR count). The predicted octanol–water partition coefficient (Wildman–Crippen LogP) is 1.46. The fourth-order valence-corrected chi connectivity index (χ4v) is 2.86. The van der Waals surface area contributed by atoms with Crippen molar-refractivity contribution in [1.82, 2.24) is 5.32 Å². The molecule has 1 amide bonds. The third-order valence-electron chi connectivity index (χ3n) is 4.05. The lowest BCUT2D eigenvalue weighted by Gasteiger charge is -2.37. The van der Waals surface area contributed by atoms with Crippen LogP contribution in [0.2, 0.25) is 0 Å². The Morgan fingerprint density at radius 1 is 1.12 bits per heavy atom. The van der Waals surface area contributed by atoms with Crippen molar-refractivity contribution in [3.05, 3.63) is 65.7 Å². The van der Waals surface area contributed by atoms with E-state index in [0.29, 0.717) is 16.9 Å². The van der Waals surface area contributed by atoms with E-state index >= 15 is 0 Å². The Morgan fingerprint density at radius 3 is 2.27 bits per heavy atom. The number of aliphatic carboxylic acids is 1. The van der Waals surface area contributed by atoms with Crippen LogP contribution in [0.5, 0.6) is 5.75 Å². The summed E-state index contributed by atoms with van der Waals surface area (Å²) in [6, 6.07) is 14.9. The summed E-state index contributed by atoms with van der Waals surface area (Å²) in [5, 5.41) is 12.5. The maximum atomic E-state index is 11.7. The molecule has 7 heteroatoms. The Balaban J connectivity index is 2.65. The van der Waals surface area contributed by atoms with Crippen molar-refractivity contribution in [2.75, 3.05) is 14.2 Å². The number of hydrogen-bond acceptors (Lipinski definition) is 5. The van der Waals surface area contributed by atoms with Gasteiger partial charge in [0.2, 0.25) is 5.91 Å². The molecule has 2 atom stereocenters. The van der Waals surface area contributed by atoms with Gasteiger partial charge in [0.25, 0.3) is 0 Å². The van der Waals surface area contributed by atoms with E-state index in [2.05, 4.69) is 5.32 Å². The molecular weight excluding hydrogens is 336 g/mol. The van der Waals surface area contributed by atoms with Crippen LogP contribution in [0.15, 0.2) is 54.6 Å². The van der Waals surface area contributed by atoms with E-state index in [1.165, 1.54) is 14.2 Å². The molecule has 0 fully saturated rings. The Bertz CT molecular complexity index is 766. The molecule has 4 N–H and O–H groups in total. The van der Waals surface area contributed by atoms with Gasteiger partial charge in [0.1, 0.15) is 11.8 Å². The van der Waals surface area contributed by atoms with Gasteiger partial charge >= 0.3 is 5.97 Å². The fraction of sp³-hybridized carbons (Fsp3) is 0.263. The Morgan fingerprint density at radius 2 is 1.73 bits per heavy atom. The predicted molar refractivity (Wildman–Crippen MR) is 95.6 cm³/mol. The summed E-state index contributed by atoms with van der Waals surface area (Å²) in [6.07, 6.45) is -0.386. The summed E-state index contributed by atoms with van der Waals surface area (Å²) in [7, 11) is 2.97. The highest BCUT2D eigenvalue weighted by molar-refractivity contribution is 5.83. The van der Waals surface area contributed by atoms with Gasteiger partial charge in [-0.2, -0.15) is 0 Å². The lowest BCUT2D eigenvalue weighted by Crippen LogP contribution is -2.54. The Kier molecular flexibility index (Phi) is 6.32. The van der Waals surface area contributed by atoms with Gasteiger partial charge in [-0.1, -0.05) is 48.5 Å². The van der Waals surface area contributed by atoms with Gasteiger partial charge < -0.3 is 20.3 Å². The highest BCUT2D eigenvalue weighted by atomic mass is 16.5. The second-order valence-corrected chi connectivity index (χ2v) is 5.66. The first-order valence-corrected chi connectivity index (χ1v) is 7.97. The third kappa shape index (κ3) is 4.01. The normalized spacial score (nSPS) is 14.2. The second kappa shape index (κ2) is 8.46. The topological polar surface area (TPSA) is 111 Å². The van der Waals surface area contributed by atoms with E-state index < -0.39 is 23.6 Å². The molecule has 1 unspecified atom stereocenters. The van der Waals surface area contributed by atoms with Crippen molar-refractivity contribution in [2.45, 2.75) is 18.2 Å². The summed E-state index contributed by atoms with van der Waals surface area (Å²) in [4.78, 5) is 23.0. The van der Waals surface area contributed by atoms with Gasteiger partial charge in [0.05, 0.1) is 13.5 Å². The molecule has 0 heterocycles. The second-order valence-electron chi connectivity index (χ2n) is 5.66. The number of nitrogens with two attached hydrogens (primary N) is 1. The van der Waals surface area contributed by atoms with Crippen molar-refractivity contribution >= 4 is 11.9 Å². The van der Waals surface area contributed by atoms with Crippen LogP contribution >= 0.6 is 0 Å². The van der Waals surface area contributed by atoms with E-state index in [-0.39, 0.29) is 6.42 Å². The molecule has 0 saturated carbocycles. The molecule has 0 saturated heterocycles. The minimum absolute atomic E-state index is 0.386. The number of carbonyl (C=O) groups excluding carboxylic acids is 1. The molecule has 0 bridgehead atoms. The zero-order valence-electron chi connectivity index (χ0n) is 14.6. The number of amides is 1. The number of carboxylic acid groups (broad SMARTS) is 1. The van der Waals surface area contributed by atoms with Crippen molar-refractivity contribution in [3.8, 4) is 5.75 Å². The molecule has 138 valence electrons. The number of benzene rings is 2. The minimum atomic E-state index is -1.35. The average molecular weight is 358 g/mol. The number of rotatable bonds is 9. The maximum Gasteiger partial charge on any atom is 0.321 e. The minimum Gasteiger partial charge on any atom is -0.496 e. The number of hydrogen-bond donors (Lipinski definition) is 3. The van der Waals surface area contributed by atoms with Gasteiger partial charge in [0, 0.05) is 18.2 Å². The zero-order chi connectivity index (χ0) is 19.2. The summed E-state index contributed by atoms with van der Waals surface area (Å²) in [5.74, 6) is -1.44. The van der Waals surface area contributed by atoms with Gasteiger partial charge in [-0.25, -0.2) is 0 Å². The first kappa shape index (κ1) is 19.4. The molecule has 2 aromatic rings. The van der Waals surface area contributed by atoms with E-state index in [1.807, 2.05) is 18.2 Å². The quantitative estimate of drug-likeness (QED) is 0.585. The van der Waals surface area contributed by atoms with Crippen molar-refractivity contribution in [3.63, 3.8) is 0 Å². The molecular formula is C19H22N2O5. The Hall–Kier alpha value is -2.90. The lowest BCUT2D eigenvalue weighted by molar-refractivity contribution is -0.144. The number of para-hydroxylation sites is 1. The van der Waals surface area contributed by atoms with Crippen LogP contribution in [0.4, 0.5) is 0 Å². The monoisotopic (exact) mass is 358 g/mol. The van der Waals surface area contributed by atoms with E-state index in [9.17, 15) is 14.7 Å². The SMILES string of the molecule is COc1ccccc1C(N[C@@H](CC(N)=O)C(=O)O)(OC)c1ccccc1. The number of primary amides is 1. The van der Waals surface area contributed by atoms with Gasteiger partial charge in [-0.05, 0) is 6.07 Å². The van der Waals surface area contributed by atoms with Crippen molar-refractivity contribution in [2.24, 2.45) is 5.73 Å². The van der Waals surface area contributed by atoms with Crippen LogP contribution < -0.4 is 15.8 Å². The van der Waals surface area contributed by atoms with Gasteiger partial charge in [-0.15, -0.1) is 0 Å². The molecule has 0 aliphatic carbocycles. The molecule has 0 aromatic heterocycles. The number of methoxy groups -OCH3 is 2. The first-order chi connectivity index (χ1) is 12.4. The Labute approximate surface area is 151 Å². The van der Waals surface area contributed by atoms with E-state index in [4.69, 9.17) is 15.2 Å². The van der Waals surface area contributed by atoms with Crippen LogP contribution in [0, 0.1) is 0 Å². The number of carboxylic acids is 1. The van der Waals surface area contributed by atoms with Crippen LogP contribution in [-0.2, 0) is 20.1 Å². The van der Waals surface area contributed by atoms with Crippen molar-refractivity contribution < 1.29 is 24.2 Å². The third-order valence-corrected chi connectivity index (χ3v) is 4.05. The van der Waals surface area contributed by atoms with Crippen LogP contribution in [0.3, 0.4) is 0 Å². The highest BCUT2D eigenvalue weighted by Gasteiger charge is 2.40. The molecule has 26 heavy (non-hydrogen) atoms. The van der Waals surface area contributed by atoms with Crippen LogP contribution in [0.1, 0.15) is 17.5 Å². The first-order valence-electron chi connectivity index (χ1n) is 7.97. The molecule has 2 aromatic carbocycles. The van der Waals surface area contributed by atoms with Crippen molar-refractivity contribution in [1.29, 1.82) is 0 Å². The van der Waals surface area contributed by atoms with E-state index in [0.717, 1.165) is 0 Å². The number of ether oxygens (including phenoxy) is 2. The highest BCUT2D eigenvalue weighted by Crippen LogP contribution is 2.37. The number of carbonyl (C=O) groups is 2. The molecule has 0 aliphatic heterocycles. The molecule has 0 aliphatic rings. The lowest BCUT2D eigenvalue weighted by atomic mass is 9.91. The standard InChI is InChI=1S/C19H22N2O5/c1-25-16-11-7-6-10-14(16)19(26-2,13-8-4-3-5-9-13)21-15(18(23)24)12-17(20)22/h3-11,15,21H,12H2,1-2H3,(H2,20,22)(H,23,24)/t15-,19?/m0/s1. The maximum absolute atomic E-state index is 11.7. The van der Waals surface area contributed by atoms with Crippen LogP contribution in [-0.4, -0.2) is 37.2 Å². The molecule has 7 nitrogen and oxygen atoms in total. The van der Waals surface area contributed by atoms with Gasteiger partial charge in [-0.3, -0.25) is 14.9 Å². The van der Waals surface area contributed by atoms with Crippen LogP contribution in [0.25, 0.3) is 0 Å². The molecule has 0 spiro atoms.